The van der Waals surface area contributed by atoms with Gasteiger partial charge in [-0.1, -0.05) is 26.0 Å². The van der Waals surface area contributed by atoms with E-state index < -0.39 is 0 Å². The molecule has 2 amide bonds. The number of carbonyl (C=O) groups is 1. The Morgan fingerprint density at radius 2 is 2.20 bits per heavy atom. The van der Waals surface area contributed by atoms with Crippen LogP contribution < -0.4 is 10.6 Å². The van der Waals surface area contributed by atoms with Gasteiger partial charge in [0.25, 0.3) is 0 Å². The average molecular weight is 275 g/mol. The Bertz CT molecular complexity index is 461. The van der Waals surface area contributed by atoms with Crippen molar-refractivity contribution < 1.29 is 4.79 Å². The van der Waals surface area contributed by atoms with Gasteiger partial charge in [-0.2, -0.15) is 0 Å². The molecule has 1 atom stereocenters. The average Bonchev–Trinajstić information content (AvgIpc) is 2.45. The number of hydrogen-bond donors (Lipinski definition) is 1. The molecule has 0 aromatic heterocycles. The fourth-order valence-electron chi connectivity index (χ4n) is 2.81. The molecule has 2 rings (SSSR count). The zero-order valence-corrected chi connectivity index (χ0v) is 12.5. The lowest BCUT2D eigenvalue weighted by Crippen LogP contribution is -2.47. The highest BCUT2D eigenvalue weighted by molar-refractivity contribution is 5.95. The van der Waals surface area contributed by atoms with Gasteiger partial charge in [-0.3, -0.25) is 4.90 Å². The number of para-hydroxylation sites is 2. The van der Waals surface area contributed by atoms with E-state index in [0.717, 1.165) is 31.6 Å². The lowest BCUT2D eigenvalue weighted by Gasteiger charge is -2.35. The maximum atomic E-state index is 12.8. The van der Waals surface area contributed by atoms with Crippen LogP contribution in [0, 0.1) is 5.92 Å². The molecular weight excluding hydrogens is 250 g/mol. The number of urea groups is 1. The minimum Gasteiger partial charge on any atom is -0.397 e. The standard InChI is InChI=1S/C16H25N3O/c1-3-10-19(15-9-5-4-8-14(15)17)16(20)18-11-6-7-13(2)12-18/h4-5,8-9,13H,3,6-7,10-12,17H2,1-2H3. The zero-order chi connectivity index (χ0) is 14.5. The van der Waals surface area contributed by atoms with Crippen LogP contribution in [0.5, 0.6) is 0 Å². The highest BCUT2D eigenvalue weighted by Crippen LogP contribution is 2.25. The summed E-state index contributed by atoms with van der Waals surface area (Å²) in [4.78, 5) is 16.6. The van der Waals surface area contributed by atoms with Crippen molar-refractivity contribution in [2.24, 2.45) is 5.92 Å². The summed E-state index contributed by atoms with van der Waals surface area (Å²) in [5, 5.41) is 0. The lowest BCUT2D eigenvalue weighted by atomic mass is 10.0. The van der Waals surface area contributed by atoms with Gasteiger partial charge in [0.15, 0.2) is 0 Å². The summed E-state index contributed by atoms with van der Waals surface area (Å²) >= 11 is 0. The third kappa shape index (κ3) is 3.24. The number of anilines is 2. The van der Waals surface area contributed by atoms with Gasteiger partial charge in [0.2, 0.25) is 0 Å². The van der Waals surface area contributed by atoms with E-state index in [0.29, 0.717) is 18.2 Å². The smallest absolute Gasteiger partial charge is 0.324 e. The largest absolute Gasteiger partial charge is 0.397 e. The minimum atomic E-state index is 0.0938. The summed E-state index contributed by atoms with van der Waals surface area (Å²) in [6.07, 6.45) is 3.23. The maximum absolute atomic E-state index is 12.8. The van der Waals surface area contributed by atoms with Gasteiger partial charge in [0, 0.05) is 19.6 Å². The molecule has 0 bridgehead atoms. The SMILES string of the molecule is CCCN(C(=O)N1CCCC(C)C1)c1ccccc1N. The van der Waals surface area contributed by atoms with Gasteiger partial charge in [-0.05, 0) is 37.3 Å². The van der Waals surface area contributed by atoms with E-state index in [1.165, 1.54) is 6.42 Å². The fraction of sp³-hybridized carbons (Fsp3) is 0.562. The number of carbonyl (C=O) groups excluding carboxylic acids is 1. The van der Waals surface area contributed by atoms with E-state index in [9.17, 15) is 4.79 Å². The molecule has 1 aromatic rings. The molecule has 0 spiro atoms. The first-order valence-corrected chi connectivity index (χ1v) is 7.54. The zero-order valence-electron chi connectivity index (χ0n) is 12.5. The van der Waals surface area contributed by atoms with Crippen LogP contribution in [0.15, 0.2) is 24.3 Å². The molecule has 110 valence electrons. The summed E-state index contributed by atoms with van der Waals surface area (Å²) in [7, 11) is 0. The molecule has 1 aliphatic heterocycles. The first-order chi connectivity index (χ1) is 9.63. The summed E-state index contributed by atoms with van der Waals surface area (Å²) < 4.78 is 0. The van der Waals surface area contributed by atoms with Gasteiger partial charge in [-0.15, -0.1) is 0 Å². The fourth-order valence-corrected chi connectivity index (χ4v) is 2.81. The molecule has 1 aromatic carbocycles. The molecule has 1 heterocycles. The van der Waals surface area contributed by atoms with Crippen LogP contribution in [-0.2, 0) is 0 Å². The number of amides is 2. The first kappa shape index (κ1) is 14.7. The topological polar surface area (TPSA) is 49.6 Å². The van der Waals surface area contributed by atoms with Crippen molar-refractivity contribution in [3.8, 4) is 0 Å². The summed E-state index contributed by atoms with van der Waals surface area (Å²) in [6.45, 7) is 6.71. The van der Waals surface area contributed by atoms with Crippen LogP contribution in [0.3, 0.4) is 0 Å². The summed E-state index contributed by atoms with van der Waals surface area (Å²) in [5.41, 5.74) is 7.53. The number of nitrogen functional groups attached to an aromatic ring is 1. The predicted octanol–water partition coefficient (Wildman–Crippen LogP) is 3.34. The van der Waals surface area contributed by atoms with E-state index in [4.69, 9.17) is 5.73 Å². The third-order valence-corrected chi connectivity index (χ3v) is 3.83. The molecule has 1 saturated heterocycles. The highest BCUT2D eigenvalue weighted by Gasteiger charge is 2.26. The molecule has 0 aliphatic carbocycles. The monoisotopic (exact) mass is 275 g/mol. The summed E-state index contributed by atoms with van der Waals surface area (Å²) in [5.74, 6) is 0.587. The van der Waals surface area contributed by atoms with Crippen molar-refractivity contribution in [1.82, 2.24) is 4.90 Å². The Morgan fingerprint density at radius 1 is 1.45 bits per heavy atom. The van der Waals surface area contributed by atoms with Crippen LogP contribution in [-0.4, -0.2) is 30.6 Å². The van der Waals surface area contributed by atoms with Crippen molar-refractivity contribution in [1.29, 1.82) is 0 Å². The molecular formula is C16H25N3O. The van der Waals surface area contributed by atoms with Gasteiger partial charge in [0.1, 0.15) is 0 Å². The van der Waals surface area contributed by atoms with Crippen LogP contribution in [0.2, 0.25) is 0 Å². The van der Waals surface area contributed by atoms with Crippen LogP contribution in [0.4, 0.5) is 16.2 Å². The molecule has 4 nitrogen and oxygen atoms in total. The second kappa shape index (κ2) is 6.64. The van der Waals surface area contributed by atoms with Gasteiger partial charge >= 0.3 is 6.03 Å². The maximum Gasteiger partial charge on any atom is 0.324 e. The van der Waals surface area contributed by atoms with E-state index in [1.54, 1.807) is 0 Å². The van der Waals surface area contributed by atoms with E-state index in [2.05, 4.69) is 13.8 Å². The van der Waals surface area contributed by atoms with Crippen molar-refractivity contribution >= 4 is 17.4 Å². The number of nitrogens with two attached hydrogens (primary N) is 1. The Hall–Kier alpha value is -1.71. The Morgan fingerprint density at radius 3 is 2.85 bits per heavy atom. The highest BCUT2D eigenvalue weighted by atomic mass is 16.2. The van der Waals surface area contributed by atoms with E-state index in [1.807, 2.05) is 34.1 Å². The molecule has 0 saturated carbocycles. The van der Waals surface area contributed by atoms with Crippen molar-refractivity contribution in [3.63, 3.8) is 0 Å². The Kier molecular flexibility index (Phi) is 4.88. The van der Waals surface area contributed by atoms with Crippen LogP contribution in [0.25, 0.3) is 0 Å². The second-order valence-electron chi connectivity index (χ2n) is 5.69. The number of likely N-dealkylation sites (tertiary alicyclic amines) is 1. The van der Waals surface area contributed by atoms with Gasteiger partial charge in [-0.25, -0.2) is 4.79 Å². The molecule has 1 unspecified atom stereocenters. The molecule has 4 heteroatoms. The number of rotatable bonds is 3. The van der Waals surface area contributed by atoms with Crippen molar-refractivity contribution in [3.05, 3.63) is 24.3 Å². The Labute approximate surface area is 121 Å². The molecule has 20 heavy (non-hydrogen) atoms. The van der Waals surface area contributed by atoms with E-state index in [-0.39, 0.29) is 6.03 Å². The Balaban J connectivity index is 2.20. The number of benzene rings is 1. The quantitative estimate of drug-likeness (QED) is 0.860. The second-order valence-corrected chi connectivity index (χ2v) is 5.69. The number of nitrogens with zero attached hydrogens (tertiary/aromatic N) is 2. The van der Waals surface area contributed by atoms with Crippen LogP contribution >= 0.6 is 0 Å². The van der Waals surface area contributed by atoms with Crippen LogP contribution in [0.1, 0.15) is 33.1 Å². The van der Waals surface area contributed by atoms with Gasteiger partial charge < -0.3 is 10.6 Å². The van der Waals surface area contributed by atoms with E-state index >= 15 is 0 Å². The van der Waals surface area contributed by atoms with Crippen molar-refractivity contribution in [2.75, 3.05) is 30.3 Å². The van der Waals surface area contributed by atoms with Crippen molar-refractivity contribution in [2.45, 2.75) is 33.1 Å². The normalized spacial score (nSPS) is 18.9. The summed E-state index contributed by atoms with van der Waals surface area (Å²) in [6, 6.07) is 7.70. The molecule has 1 fully saturated rings. The van der Waals surface area contributed by atoms with Gasteiger partial charge in [0.05, 0.1) is 11.4 Å². The molecule has 2 N–H and O–H groups in total. The predicted molar refractivity (Wildman–Crippen MR) is 83.9 cm³/mol. The number of piperidine rings is 1. The molecule has 0 radical (unpaired) electrons. The lowest BCUT2D eigenvalue weighted by molar-refractivity contribution is 0.176. The third-order valence-electron chi connectivity index (χ3n) is 3.83. The number of hydrogen-bond acceptors (Lipinski definition) is 2. The minimum absolute atomic E-state index is 0.0938. The first-order valence-electron chi connectivity index (χ1n) is 7.54. The molecule has 1 aliphatic rings.